The first-order valence-corrected chi connectivity index (χ1v) is 9.16. The Morgan fingerprint density at radius 3 is 2.78 bits per heavy atom. The first-order valence-electron chi connectivity index (χ1n) is 9.16. The van der Waals surface area contributed by atoms with Gasteiger partial charge in [-0.15, -0.1) is 0 Å². The zero-order valence-electron chi connectivity index (χ0n) is 15.0. The second-order valence-electron chi connectivity index (χ2n) is 7.11. The lowest BCUT2D eigenvalue weighted by Crippen LogP contribution is -2.33. The van der Waals surface area contributed by atoms with Gasteiger partial charge in [0.05, 0.1) is 7.11 Å². The van der Waals surface area contributed by atoms with Crippen LogP contribution in [0.15, 0.2) is 12.1 Å². The smallest absolute Gasteiger partial charge is 0.165 e. The Morgan fingerprint density at radius 2 is 2.04 bits per heavy atom. The molecule has 2 bridgehead atoms. The number of hydrogen-bond acceptors (Lipinski definition) is 7. The van der Waals surface area contributed by atoms with Crippen molar-refractivity contribution in [3.8, 4) is 34.4 Å². The Morgan fingerprint density at radius 1 is 1.26 bits per heavy atom. The Kier molecular flexibility index (Phi) is 3.62. The van der Waals surface area contributed by atoms with Crippen LogP contribution in [0, 0.1) is 11.3 Å². The van der Waals surface area contributed by atoms with Gasteiger partial charge in [0, 0.05) is 47.0 Å². The van der Waals surface area contributed by atoms with Gasteiger partial charge in [0.25, 0.3) is 0 Å². The van der Waals surface area contributed by atoms with E-state index in [1.54, 1.807) is 7.11 Å². The van der Waals surface area contributed by atoms with Gasteiger partial charge in [0.1, 0.15) is 36.4 Å². The average Bonchev–Trinajstić information content (AvgIpc) is 3.07. The van der Waals surface area contributed by atoms with Crippen molar-refractivity contribution in [1.29, 1.82) is 5.26 Å². The number of rotatable bonds is 2. The highest BCUT2D eigenvalue weighted by atomic mass is 16.6. The summed E-state index contributed by atoms with van der Waals surface area (Å²) in [4.78, 5) is 4.57. The van der Waals surface area contributed by atoms with Gasteiger partial charge >= 0.3 is 0 Å². The summed E-state index contributed by atoms with van der Waals surface area (Å²) in [5.41, 5.74) is 10.2. The Hall–Kier alpha value is -2.98. The van der Waals surface area contributed by atoms with E-state index in [9.17, 15) is 5.26 Å². The quantitative estimate of drug-likeness (QED) is 0.843. The third-order valence-corrected chi connectivity index (χ3v) is 5.62. The summed E-state index contributed by atoms with van der Waals surface area (Å²) in [6.07, 6.45) is 2.94. The number of hydrogen-bond donors (Lipinski definition) is 2. The molecule has 7 nitrogen and oxygen atoms in total. The number of aromatic nitrogens is 1. The number of pyridine rings is 1. The van der Waals surface area contributed by atoms with E-state index < -0.39 is 0 Å². The van der Waals surface area contributed by atoms with Crippen LogP contribution in [0.1, 0.15) is 35.7 Å². The van der Waals surface area contributed by atoms with Gasteiger partial charge in [0.15, 0.2) is 11.5 Å². The number of benzene rings is 1. The van der Waals surface area contributed by atoms with Crippen LogP contribution in [0.4, 0.5) is 5.82 Å². The average molecular weight is 364 g/mol. The van der Waals surface area contributed by atoms with Crippen LogP contribution >= 0.6 is 0 Å². The summed E-state index contributed by atoms with van der Waals surface area (Å²) in [5, 5.41) is 13.5. The molecule has 0 radical (unpaired) electrons. The van der Waals surface area contributed by atoms with Crippen molar-refractivity contribution < 1.29 is 14.2 Å². The number of fused-ring (bicyclic) bond motifs is 5. The highest BCUT2D eigenvalue weighted by Crippen LogP contribution is 2.48. The molecule has 2 aromatic rings. The van der Waals surface area contributed by atoms with Crippen LogP contribution in [0.25, 0.3) is 11.1 Å². The molecule has 7 heteroatoms. The summed E-state index contributed by atoms with van der Waals surface area (Å²) in [6, 6.07) is 6.57. The van der Waals surface area contributed by atoms with Crippen molar-refractivity contribution in [3.63, 3.8) is 0 Å². The zero-order valence-corrected chi connectivity index (χ0v) is 15.0. The van der Waals surface area contributed by atoms with Crippen molar-refractivity contribution >= 4 is 5.82 Å². The fourth-order valence-corrected chi connectivity index (χ4v) is 4.47. The number of methoxy groups -OCH3 is 1. The maximum atomic E-state index is 9.85. The van der Waals surface area contributed by atoms with Gasteiger partial charge in [-0.05, 0) is 18.9 Å². The molecule has 3 aliphatic heterocycles. The van der Waals surface area contributed by atoms with Crippen LogP contribution < -0.4 is 25.3 Å². The normalized spacial score (nSPS) is 22.1. The SMILES string of the molecule is COc1cc2c(cc1-c1c(C#N)c(N)nc3c1[C@@H]1CC[C@H](C3)N1)OCCO2. The fourth-order valence-electron chi connectivity index (χ4n) is 4.47. The van der Waals surface area contributed by atoms with Crippen molar-refractivity contribution in [2.45, 2.75) is 31.3 Å². The first-order chi connectivity index (χ1) is 13.2. The number of nitrogen functional groups attached to an aromatic ring is 1. The van der Waals surface area contributed by atoms with Gasteiger partial charge in [-0.2, -0.15) is 5.26 Å². The number of nitrogens with one attached hydrogen (secondary N) is 1. The van der Waals surface area contributed by atoms with E-state index in [-0.39, 0.29) is 11.9 Å². The lowest BCUT2D eigenvalue weighted by Gasteiger charge is -2.28. The molecule has 2 atom stereocenters. The molecule has 1 aromatic heterocycles. The summed E-state index contributed by atoms with van der Waals surface area (Å²) >= 11 is 0. The molecule has 1 saturated heterocycles. The molecule has 0 unspecified atom stereocenters. The molecule has 27 heavy (non-hydrogen) atoms. The summed E-state index contributed by atoms with van der Waals surface area (Å²) < 4.78 is 17.1. The Labute approximate surface area is 157 Å². The van der Waals surface area contributed by atoms with Crippen LogP contribution in [-0.2, 0) is 6.42 Å². The molecule has 5 rings (SSSR count). The van der Waals surface area contributed by atoms with Crippen molar-refractivity contribution in [3.05, 3.63) is 29.0 Å². The number of nitrogens with zero attached hydrogens (tertiary/aromatic N) is 2. The molecule has 0 aliphatic carbocycles. The van der Waals surface area contributed by atoms with E-state index in [4.69, 9.17) is 19.9 Å². The van der Waals surface area contributed by atoms with Gasteiger partial charge in [-0.25, -0.2) is 4.98 Å². The molecule has 0 saturated carbocycles. The Balaban J connectivity index is 1.81. The van der Waals surface area contributed by atoms with Crippen molar-refractivity contribution in [2.75, 3.05) is 26.1 Å². The van der Waals surface area contributed by atoms with E-state index >= 15 is 0 Å². The highest BCUT2D eigenvalue weighted by molar-refractivity contribution is 5.85. The fraction of sp³-hybridized carbons (Fsp3) is 0.400. The molecule has 0 spiro atoms. The predicted octanol–water partition coefficient (Wildman–Crippen LogP) is 2.33. The standard InChI is InChI=1S/C20H20N4O3/c1-25-15-8-17-16(26-4-5-27-17)7-11(15)18-12(9-21)20(22)24-14-6-10-2-3-13(23-10)19(14)18/h7-8,10,13,23H,2-6H2,1H3,(H2,22,24)/t10-,13+/m1/s1. The topological polar surface area (TPSA) is 102 Å². The molecular formula is C20H20N4O3. The molecule has 1 aromatic carbocycles. The van der Waals surface area contributed by atoms with E-state index in [2.05, 4.69) is 16.4 Å². The van der Waals surface area contributed by atoms with E-state index in [0.29, 0.717) is 42.1 Å². The van der Waals surface area contributed by atoms with E-state index in [0.717, 1.165) is 41.6 Å². The van der Waals surface area contributed by atoms with Gasteiger partial charge in [-0.1, -0.05) is 0 Å². The minimum absolute atomic E-state index is 0.173. The molecule has 0 amide bonds. The van der Waals surface area contributed by atoms with Gasteiger partial charge < -0.3 is 25.3 Å². The van der Waals surface area contributed by atoms with Crippen LogP contribution in [0.5, 0.6) is 17.2 Å². The number of anilines is 1. The lowest BCUT2D eigenvalue weighted by molar-refractivity contribution is 0.171. The molecule has 138 valence electrons. The van der Waals surface area contributed by atoms with Gasteiger partial charge in [-0.3, -0.25) is 0 Å². The number of ether oxygens (including phenoxy) is 3. The summed E-state index contributed by atoms with van der Waals surface area (Å²) in [7, 11) is 1.61. The molecule has 4 heterocycles. The third-order valence-electron chi connectivity index (χ3n) is 5.62. The maximum Gasteiger partial charge on any atom is 0.165 e. The van der Waals surface area contributed by atoms with Crippen molar-refractivity contribution in [1.82, 2.24) is 10.3 Å². The lowest BCUT2D eigenvalue weighted by atomic mass is 9.87. The number of nitrogens with two attached hydrogens (primary N) is 1. The predicted molar refractivity (Wildman–Crippen MR) is 98.9 cm³/mol. The van der Waals surface area contributed by atoms with Crippen LogP contribution in [-0.4, -0.2) is 31.3 Å². The molecule has 3 aliphatic rings. The Bertz CT molecular complexity index is 982. The minimum atomic E-state index is 0.173. The molecular weight excluding hydrogens is 344 g/mol. The highest BCUT2D eigenvalue weighted by Gasteiger charge is 2.37. The monoisotopic (exact) mass is 364 g/mol. The van der Waals surface area contributed by atoms with Gasteiger partial charge in [0.2, 0.25) is 0 Å². The second kappa shape index (κ2) is 6.03. The maximum absolute atomic E-state index is 9.85. The van der Waals surface area contributed by atoms with E-state index in [1.165, 1.54) is 0 Å². The van der Waals surface area contributed by atoms with Crippen LogP contribution in [0.3, 0.4) is 0 Å². The molecule has 3 N–H and O–H groups in total. The summed E-state index contributed by atoms with van der Waals surface area (Å²) in [5.74, 6) is 2.20. The van der Waals surface area contributed by atoms with E-state index in [1.807, 2.05) is 12.1 Å². The second-order valence-corrected chi connectivity index (χ2v) is 7.11. The zero-order chi connectivity index (χ0) is 18.5. The first kappa shape index (κ1) is 16.2. The molecule has 1 fully saturated rings. The number of nitriles is 1. The summed E-state index contributed by atoms with van der Waals surface area (Å²) in [6.45, 7) is 0.996. The van der Waals surface area contributed by atoms with Crippen molar-refractivity contribution in [2.24, 2.45) is 0 Å². The minimum Gasteiger partial charge on any atom is -0.496 e. The van der Waals surface area contributed by atoms with Crippen LogP contribution in [0.2, 0.25) is 0 Å². The third kappa shape index (κ3) is 2.41. The largest absolute Gasteiger partial charge is 0.496 e.